The molecule has 0 radical (unpaired) electrons. The molecule has 14 heavy (non-hydrogen) atoms. The number of morpholine rings is 1. The lowest BCUT2D eigenvalue weighted by Gasteiger charge is -2.22. The maximum atomic E-state index is 11.5. The number of aromatic nitrogens is 1. The van der Waals surface area contributed by atoms with Crippen LogP contribution >= 0.6 is 0 Å². The second-order valence-corrected chi connectivity index (χ2v) is 2.96. The molecule has 6 heteroatoms. The molecule has 0 aliphatic carbocycles. The highest BCUT2D eigenvalue weighted by Crippen LogP contribution is 2.03. The Morgan fingerprint density at radius 3 is 3.29 bits per heavy atom. The standard InChI is InChI=1S/C8H11N3O3/c12-8(6-5-13-4-2-9-6)10-7-1-3-14-11-7/h1,3,6,9H,2,4-5H2,(H,10,11,12). The number of carbonyl (C=O) groups excluding carboxylic acids is 1. The quantitative estimate of drug-likeness (QED) is 0.674. The van der Waals surface area contributed by atoms with Gasteiger partial charge < -0.3 is 19.9 Å². The van der Waals surface area contributed by atoms with Crippen molar-refractivity contribution >= 4 is 11.7 Å². The summed E-state index contributed by atoms with van der Waals surface area (Å²) < 4.78 is 9.74. The van der Waals surface area contributed by atoms with Gasteiger partial charge in [-0.25, -0.2) is 0 Å². The van der Waals surface area contributed by atoms with Crippen molar-refractivity contribution in [2.45, 2.75) is 6.04 Å². The van der Waals surface area contributed by atoms with Crippen LogP contribution in [0, 0.1) is 0 Å². The molecule has 2 N–H and O–H groups in total. The Kier molecular flexibility index (Phi) is 2.76. The van der Waals surface area contributed by atoms with Crippen LogP contribution < -0.4 is 10.6 Å². The molecule has 1 unspecified atom stereocenters. The number of carbonyl (C=O) groups is 1. The highest BCUT2D eigenvalue weighted by Gasteiger charge is 2.21. The maximum absolute atomic E-state index is 11.5. The number of rotatable bonds is 2. The first-order chi connectivity index (χ1) is 6.86. The molecule has 1 aromatic heterocycles. The summed E-state index contributed by atoms with van der Waals surface area (Å²) >= 11 is 0. The van der Waals surface area contributed by atoms with Crippen molar-refractivity contribution in [3.05, 3.63) is 12.3 Å². The predicted octanol–water partition coefficient (Wildman–Crippen LogP) is -0.399. The fourth-order valence-corrected chi connectivity index (χ4v) is 1.22. The van der Waals surface area contributed by atoms with Crippen LogP contribution in [-0.2, 0) is 9.53 Å². The molecule has 6 nitrogen and oxygen atoms in total. The van der Waals surface area contributed by atoms with Crippen LogP contribution in [0.2, 0.25) is 0 Å². The number of nitrogens with zero attached hydrogens (tertiary/aromatic N) is 1. The average Bonchev–Trinajstić information content (AvgIpc) is 2.72. The van der Waals surface area contributed by atoms with E-state index in [4.69, 9.17) is 4.74 Å². The Bertz CT molecular complexity index is 293. The van der Waals surface area contributed by atoms with Gasteiger partial charge in [-0.2, -0.15) is 0 Å². The number of ether oxygens (including phenoxy) is 1. The molecule has 76 valence electrons. The zero-order valence-electron chi connectivity index (χ0n) is 7.53. The Morgan fingerprint density at radius 1 is 1.71 bits per heavy atom. The van der Waals surface area contributed by atoms with Crippen molar-refractivity contribution in [2.75, 3.05) is 25.1 Å². The van der Waals surface area contributed by atoms with Gasteiger partial charge in [0, 0.05) is 12.6 Å². The Labute approximate surface area is 80.6 Å². The molecule has 1 aromatic rings. The summed E-state index contributed by atoms with van der Waals surface area (Å²) in [4.78, 5) is 11.5. The lowest BCUT2D eigenvalue weighted by Crippen LogP contribution is -2.48. The van der Waals surface area contributed by atoms with Gasteiger partial charge in [-0.15, -0.1) is 0 Å². The first kappa shape index (κ1) is 9.17. The van der Waals surface area contributed by atoms with E-state index in [-0.39, 0.29) is 11.9 Å². The van der Waals surface area contributed by atoms with E-state index in [2.05, 4.69) is 20.3 Å². The van der Waals surface area contributed by atoms with Gasteiger partial charge in [-0.05, 0) is 0 Å². The van der Waals surface area contributed by atoms with Crippen molar-refractivity contribution in [1.29, 1.82) is 0 Å². The van der Waals surface area contributed by atoms with Gasteiger partial charge in [0.15, 0.2) is 5.82 Å². The third-order valence-electron chi connectivity index (χ3n) is 1.93. The average molecular weight is 197 g/mol. The van der Waals surface area contributed by atoms with Gasteiger partial charge in [0.1, 0.15) is 12.3 Å². The predicted molar refractivity (Wildman–Crippen MR) is 47.7 cm³/mol. The Morgan fingerprint density at radius 2 is 2.64 bits per heavy atom. The number of amides is 1. The molecule has 0 spiro atoms. The highest BCUT2D eigenvalue weighted by atomic mass is 16.5. The van der Waals surface area contributed by atoms with Gasteiger partial charge in [-0.1, -0.05) is 5.16 Å². The number of hydrogen-bond donors (Lipinski definition) is 2. The minimum absolute atomic E-state index is 0.154. The number of nitrogens with one attached hydrogen (secondary N) is 2. The minimum atomic E-state index is -0.305. The fraction of sp³-hybridized carbons (Fsp3) is 0.500. The summed E-state index contributed by atoms with van der Waals surface area (Å²) in [6, 6.07) is 1.28. The second kappa shape index (κ2) is 4.21. The Hall–Kier alpha value is -1.40. The van der Waals surface area contributed by atoms with Gasteiger partial charge in [-0.3, -0.25) is 4.79 Å². The van der Waals surface area contributed by atoms with E-state index in [0.717, 1.165) is 0 Å². The molecule has 0 aromatic carbocycles. The fourth-order valence-electron chi connectivity index (χ4n) is 1.22. The molecular weight excluding hydrogens is 186 g/mol. The SMILES string of the molecule is O=C(Nc1ccon1)C1COCCN1. The summed E-state index contributed by atoms with van der Waals surface area (Å²) in [6.45, 7) is 1.73. The molecule has 1 atom stereocenters. The molecule has 2 heterocycles. The summed E-state index contributed by atoms with van der Waals surface area (Å²) in [5.41, 5.74) is 0. The summed E-state index contributed by atoms with van der Waals surface area (Å²) in [5.74, 6) is 0.265. The summed E-state index contributed by atoms with van der Waals surface area (Å²) in [5, 5.41) is 9.22. The largest absolute Gasteiger partial charge is 0.378 e. The van der Waals surface area contributed by atoms with E-state index >= 15 is 0 Å². The Balaban J connectivity index is 1.88. The smallest absolute Gasteiger partial charge is 0.245 e. The van der Waals surface area contributed by atoms with Crippen molar-refractivity contribution in [2.24, 2.45) is 0 Å². The molecule has 1 amide bonds. The third-order valence-corrected chi connectivity index (χ3v) is 1.93. The zero-order valence-corrected chi connectivity index (χ0v) is 7.53. The normalized spacial score (nSPS) is 21.9. The van der Waals surface area contributed by atoms with Crippen molar-refractivity contribution in [3.63, 3.8) is 0 Å². The number of hydrogen-bond acceptors (Lipinski definition) is 5. The maximum Gasteiger partial charge on any atom is 0.245 e. The van der Waals surface area contributed by atoms with E-state index in [1.165, 1.54) is 6.26 Å². The first-order valence-electron chi connectivity index (χ1n) is 4.38. The molecule has 0 bridgehead atoms. The molecule has 0 saturated carbocycles. The zero-order chi connectivity index (χ0) is 9.80. The van der Waals surface area contributed by atoms with Crippen LogP contribution in [0.1, 0.15) is 0 Å². The minimum Gasteiger partial charge on any atom is -0.378 e. The first-order valence-corrected chi connectivity index (χ1v) is 4.38. The van der Waals surface area contributed by atoms with Crippen molar-refractivity contribution in [3.8, 4) is 0 Å². The molecule has 1 fully saturated rings. The number of anilines is 1. The van der Waals surface area contributed by atoms with Crippen molar-refractivity contribution < 1.29 is 14.1 Å². The van der Waals surface area contributed by atoms with Crippen molar-refractivity contribution in [1.82, 2.24) is 10.5 Å². The third kappa shape index (κ3) is 2.09. The molecule has 1 aliphatic rings. The van der Waals surface area contributed by atoms with Crippen LogP contribution in [-0.4, -0.2) is 36.9 Å². The van der Waals surface area contributed by atoms with Crippen LogP contribution in [0.25, 0.3) is 0 Å². The highest BCUT2D eigenvalue weighted by molar-refractivity contribution is 5.94. The second-order valence-electron chi connectivity index (χ2n) is 2.96. The van der Waals surface area contributed by atoms with E-state index in [0.29, 0.717) is 25.6 Å². The molecular formula is C8H11N3O3. The van der Waals surface area contributed by atoms with E-state index in [1.807, 2.05) is 0 Å². The van der Waals surface area contributed by atoms with E-state index in [1.54, 1.807) is 6.07 Å². The summed E-state index contributed by atoms with van der Waals surface area (Å²) in [6.07, 6.45) is 1.40. The topological polar surface area (TPSA) is 76.4 Å². The lowest BCUT2D eigenvalue weighted by molar-refractivity contribution is -0.120. The molecule has 1 saturated heterocycles. The molecule has 2 rings (SSSR count). The van der Waals surface area contributed by atoms with Crippen LogP contribution in [0.4, 0.5) is 5.82 Å². The van der Waals surface area contributed by atoms with Crippen LogP contribution in [0.3, 0.4) is 0 Å². The monoisotopic (exact) mass is 197 g/mol. The van der Waals surface area contributed by atoms with Gasteiger partial charge in [0.25, 0.3) is 0 Å². The van der Waals surface area contributed by atoms with Gasteiger partial charge in [0.2, 0.25) is 5.91 Å². The van der Waals surface area contributed by atoms with E-state index in [9.17, 15) is 4.79 Å². The van der Waals surface area contributed by atoms with Gasteiger partial charge >= 0.3 is 0 Å². The van der Waals surface area contributed by atoms with Crippen LogP contribution in [0.15, 0.2) is 16.9 Å². The van der Waals surface area contributed by atoms with E-state index < -0.39 is 0 Å². The van der Waals surface area contributed by atoms with Crippen LogP contribution in [0.5, 0.6) is 0 Å². The van der Waals surface area contributed by atoms with Gasteiger partial charge in [0.05, 0.1) is 13.2 Å². The lowest BCUT2D eigenvalue weighted by atomic mass is 10.2. The summed E-state index contributed by atoms with van der Waals surface area (Å²) in [7, 11) is 0. The molecule has 1 aliphatic heterocycles.